The first-order valence-corrected chi connectivity index (χ1v) is 9.85. The van der Waals surface area contributed by atoms with Crippen LogP contribution < -0.4 is 23.0 Å². The van der Waals surface area contributed by atoms with E-state index in [9.17, 15) is 14.3 Å². The normalized spacial score (nSPS) is 20.4. The molecular weight excluding hydrogens is 393 g/mol. The highest BCUT2D eigenvalue weighted by atomic mass is 35.5. The number of para-hydroxylation sites is 1. The first-order valence-electron chi connectivity index (χ1n) is 9.85. The van der Waals surface area contributed by atoms with Gasteiger partial charge in [-0.1, -0.05) is 24.3 Å². The number of amides is 1. The maximum absolute atomic E-state index is 13.7. The molecule has 1 aliphatic heterocycles. The van der Waals surface area contributed by atoms with E-state index in [1.54, 1.807) is 30.3 Å². The lowest BCUT2D eigenvalue weighted by atomic mass is 9.80. The van der Waals surface area contributed by atoms with E-state index in [1.165, 1.54) is 6.07 Å². The molecule has 154 valence electrons. The maximum Gasteiger partial charge on any atom is 0.223 e. The standard InChI is InChI=1S/C22H24FN3O2.ClH/c23-17-5-2-1-4-16(17)13-24-22(28)15-10-8-14(9-11-15)12-20-25-18-6-3-7-19(27)21(18)26-20;/h1-7,14-15,27H,8-13H2,(H,24,28)(H,25,26);1H. The second kappa shape index (κ2) is 9.37. The van der Waals surface area contributed by atoms with E-state index in [-0.39, 0.29) is 42.3 Å². The zero-order valence-electron chi connectivity index (χ0n) is 16.1. The van der Waals surface area contributed by atoms with Crippen molar-refractivity contribution < 1.29 is 32.0 Å². The zero-order chi connectivity index (χ0) is 19.5. The number of nitrogens with one attached hydrogen (secondary N) is 1. The Hall–Kier alpha value is -2.44. The molecule has 4 N–H and O–H groups in total. The summed E-state index contributed by atoms with van der Waals surface area (Å²) in [6.07, 6.45) is 4.52. The van der Waals surface area contributed by atoms with E-state index < -0.39 is 0 Å². The van der Waals surface area contributed by atoms with Gasteiger partial charge in [-0.25, -0.2) is 4.39 Å². The van der Waals surface area contributed by atoms with Gasteiger partial charge in [-0.05, 0) is 49.8 Å². The number of halogens is 2. The maximum atomic E-state index is 13.7. The second-order valence-electron chi connectivity index (χ2n) is 7.69. The van der Waals surface area contributed by atoms with Crippen molar-refractivity contribution in [2.24, 2.45) is 16.8 Å². The monoisotopic (exact) mass is 417 g/mol. The van der Waals surface area contributed by atoms with Crippen LogP contribution in [0.2, 0.25) is 0 Å². The Labute approximate surface area is 175 Å². The molecule has 5 nitrogen and oxygen atoms in total. The SMILES string of the molecule is O=C(NCc1ccccc1F)C1CCC(CC2=Nc3cccc(O)c3[NH2+]2)CC1.[Cl-]. The summed E-state index contributed by atoms with van der Waals surface area (Å²) in [5.74, 6) is 1.51. The number of carbonyl (C=O) groups is 1. The van der Waals surface area contributed by atoms with Crippen LogP contribution in [0.15, 0.2) is 47.5 Å². The van der Waals surface area contributed by atoms with Crippen molar-refractivity contribution in [2.45, 2.75) is 38.6 Å². The van der Waals surface area contributed by atoms with Crippen LogP contribution in [-0.2, 0) is 11.3 Å². The first-order chi connectivity index (χ1) is 13.6. The van der Waals surface area contributed by atoms with E-state index >= 15 is 0 Å². The molecular formula is C22H25ClFN3O2. The molecule has 1 fully saturated rings. The Morgan fingerprint density at radius 2 is 1.90 bits per heavy atom. The van der Waals surface area contributed by atoms with Gasteiger partial charge in [0.1, 0.15) is 11.5 Å². The molecule has 1 saturated carbocycles. The highest BCUT2D eigenvalue weighted by Crippen LogP contribution is 2.35. The number of rotatable bonds is 5. The van der Waals surface area contributed by atoms with Crippen LogP contribution in [0.25, 0.3) is 0 Å². The molecule has 0 bridgehead atoms. The predicted molar refractivity (Wildman–Crippen MR) is 105 cm³/mol. The van der Waals surface area contributed by atoms with Crippen molar-refractivity contribution in [3.05, 3.63) is 53.8 Å². The lowest BCUT2D eigenvalue weighted by molar-refractivity contribution is -0.442. The van der Waals surface area contributed by atoms with Crippen LogP contribution in [0, 0.1) is 17.7 Å². The van der Waals surface area contributed by atoms with Gasteiger partial charge in [0.15, 0.2) is 5.75 Å². The highest BCUT2D eigenvalue weighted by Gasteiger charge is 2.30. The molecule has 2 aromatic carbocycles. The van der Waals surface area contributed by atoms with Crippen LogP contribution in [0.1, 0.15) is 37.7 Å². The minimum atomic E-state index is -0.285. The molecule has 0 saturated heterocycles. The van der Waals surface area contributed by atoms with E-state index in [2.05, 4.69) is 10.3 Å². The van der Waals surface area contributed by atoms with Gasteiger partial charge in [0, 0.05) is 24.4 Å². The fraction of sp³-hybridized carbons (Fsp3) is 0.364. The minimum Gasteiger partial charge on any atom is -1.00 e. The van der Waals surface area contributed by atoms with Crippen molar-refractivity contribution in [1.82, 2.24) is 5.32 Å². The number of amidine groups is 1. The molecule has 29 heavy (non-hydrogen) atoms. The number of fused-ring (bicyclic) bond motifs is 1. The molecule has 1 aliphatic carbocycles. The summed E-state index contributed by atoms with van der Waals surface area (Å²) in [6.45, 7) is 0.235. The van der Waals surface area contributed by atoms with E-state index in [4.69, 9.17) is 0 Å². The number of phenols is 1. The topological polar surface area (TPSA) is 78.3 Å². The largest absolute Gasteiger partial charge is 1.00 e. The van der Waals surface area contributed by atoms with E-state index in [1.807, 2.05) is 11.4 Å². The van der Waals surface area contributed by atoms with Gasteiger partial charge in [-0.2, -0.15) is 4.99 Å². The molecule has 0 atom stereocenters. The molecule has 1 amide bonds. The zero-order valence-corrected chi connectivity index (χ0v) is 16.8. The van der Waals surface area contributed by atoms with Crippen LogP contribution >= 0.6 is 0 Å². The molecule has 0 spiro atoms. The average molecular weight is 418 g/mol. The Morgan fingerprint density at radius 1 is 1.14 bits per heavy atom. The van der Waals surface area contributed by atoms with Gasteiger partial charge in [0.05, 0.1) is 0 Å². The Kier molecular flexibility index (Phi) is 6.87. The van der Waals surface area contributed by atoms with Crippen molar-refractivity contribution in [2.75, 3.05) is 0 Å². The quantitative estimate of drug-likeness (QED) is 0.483. The van der Waals surface area contributed by atoms with Gasteiger partial charge in [0.25, 0.3) is 0 Å². The molecule has 2 aromatic rings. The fourth-order valence-electron chi connectivity index (χ4n) is 4.14. The molecule has 0 aromatic heterocycles. The van der Waals surface area contributed by atoms with Crippen LogP contribution in [0.5, 0.6) is 5.75 Å². The van der Waals surface area contributed by atoms with Crippen molar-refractivity contribution in [3.63, 3.8) is 0 Å². The van der Waals surface area contributed by atoms with Crippen molar-refractivity contribution in [3.8, 4) is 5.75 Å². The third-order valence-electron chi connectivity index (χ3n) is 5.76. The Morgan fingerprint density at radius 3 is 2.62 bits per heavy atom. The first kappa shape index (κ1) is 21.3. The van der Waals surface area contributed by atoms with E-state index in [0.29, 0.717) is 11.5 Å². The highest BCUT2D eigenvalue weighted by molar-refractivity contribution is 5.87. The molecule has 4 rings (SSSR count). The Bertz CT molecular complexity index is 911. The van der Waals surface area contributed by atoms with Gasteiger partial charge < -0.3 is 22.8 Å². The smallest absolute Gasteiger partial charge is 0.223 e. The summed E-state index contributed by atoms with van der Waals surface area (Å²) in [4.78, 5) is 17.0. The van der Waals surface area contributed by atoms with Crippen LogP contribution in [-0.4, -0.2) is 16.8 Å². The van der Waals surface area contributed by atoms with Gasteiger partial charge >= 0.3 is 0 Å². The lowest BCUT2D eigenvalue weighted by Gasteiger charge is -2.27. The van der Waals surface area contributed by atoms with Gasteiger partial charge in [-0.15, -0.1) is 0 Å². The summed E-state index contributed by atoms with van der Waals surface area (Å²) in [5, 5.41) is 14.8. The van der Waals surface area contributed by atoms with Crippen molar-refractivity contribution in [1.29, 1.82) is 0 Å². The fourth-order valence-corrected chi connectivity index (χ4v) is 4.14. The molecule has 0 unspecified atom stereocenters. The molecule has 7 heteroatoms. The number of hydrogen-bond donors (Lipinski definition) is 3. The third kappa shape index (κ3) is 4.95. The summed E-state index contributed by atoms with van der Waals surface area (Å²) in [6, 6.07) is 11.9. The number of phenolic OH excluding ortho intramolecular Hbond substituents is 1. The summed E-state index contributed by atoms with van der Waals surface area (Å²) in [7, 11) is 0. The number of nitrogens with two attached hydrogens (primary N) is 1. The lowest BCUT2D eigenvalue weighted by Crippen LogP contribution is -3.00. The van der Waals surface area contributed by atoms with Gasteiger partial charge in [-0.3, -0.25) is 10.1 Å². The molecule has 0 radical (unpaired) electrons. The van der Waals surface area contributed by atoms with Crippen molar-refractivity contribution >= 4 is 23.1 Å². The second-order valence-corrected chi connectivity index (χ2v) is 7.69. The number of aromatic hydroxyl groups is 1. The summed E-state index contributed by atoms with van der Waals surface area (Å²) < 4.78 is 13.7. The van der Waals surface area contributed by atoms with E-state index in [0.717, 1.165) is 49.3 Å². The number of benzene rings is 2. The third-order valence-corrected chi connectivity index (χ3v) is 5.76. The van der Waals surface area contributed by atoms with Crippen LogP contribution in [0.3, 0.4) is 0 Å². The molecule has 1 heterocycles. The number of quaternary nitrogens is 1. The van der Waals surface area contributed by atoms with Gasteiger partial charge in [0.2, 0.25) is 17.4 Å². The predicted octanol–water partition coefficient (Wildman–Crippen LogP) is 0.287. The number of hydrogen-bond acceptors (Lipinski definition) is 3. The number of nitrogens with zero attached hydrogens (tertiary/aromatic N) is 1. The Balaban J connectivity index is 0.00000240. The number of carbonyl (C=O) groups excluding carboxylic acids is 1. The average Bonchev–Trinajstić information content (AvgIpc) is 3.12. The van der Waals surface area contributed by atoms with Crippen LogP contribution in [0.4, 0.5) is 15.8 Å². The molecule has 2 aliphatic rings. The summed E-state index contributed by atoms with van der Waals surface area (Å²) >= 11 is 0. The number of aliphatic imine (C=N–C) groups is 1. The minimum absolute atomic E-state index is 0. The summed E-state index contributed by atoms with van der Waals surface area (Å²) in [5.41, 5.74) is 2.15.